The van der Waals surface area contributed by atoms with Gasteiger partial charge < -0.3 is 10.1 Å². The molecule has 2 atom stereocenters. The Morgan fingerprint density at radius 3 is 2.23 bits per heavy atom. The first kappa shape index (κ1) is 20.0. The minimum Gasteiger partial charge on any atom is -0.481 e. The topological polar surface area (TPSA) is 38.3 Å². The molecule has 0 fully saturated rings. The molecule has 2 aromatic rings. The largest absolute Gasteiger partial charge is 0.481 e. The SMILES string of the molecule is CCc1ccccc1OC(C)C(=O)NC(C)c1ccc(C(C)(C)C)cc1. The molecule has 0 saturated heterocycles. The fraction of sp³-hybridized carbons (Fsp3) is 0.435. The van der Waals surface area contributed by atoms with Gasteiger partial charge in [-0.15, -0.1) is 0 Å². The lowest BCUT2D eigenvalue weighted by Gasteiger charge is -2.22. The highest BCUT2D eigenvalue weighted by Crippen LogP contribution is 2.24. The Balaban J connectivity index is 1.99. The number of hydrogen-bond donors (Lipinski definition) is 1. The molecule has 0 heterocycles. The van der Waals surface area contributed by atoms with Crippen molar-refractivity contribution < 1.29 is 9.53 Å². The van der Waals surface area contributed by atoms with Crippen LogP contribution in [0.2, 0.25) is 0 Å². The zero-order valence-electron chi connectivity index (χ0n) is 16.8. The molecular weight excluding hydrogens is 322 g/mol. The van der Waals surface area contributed by atoms with Crippen molar-refractivity contribution in [1.82, 2.24) is 5.32 Å². The van der Waals surface area contributed by atoms with Crippen molar-refractivity contribution in [1.29, 1.82) is 0 Å². The van der Waals surface area contributed by atoms with Crippen LogP contribution in [-0.4, -0.2) is 12.0 Å². The van der Waals surface area contributed by atoms with E-state index < -0.39 is 6.10 Å². The zero-order valence-corrected chi connectivity index (χ0v) is 16.8. The molecule has 0 spiro atoms. The third kappa shape index (κ3) is 5.10. The van der Waals surface area contributed by atoms with Gasteiger partial charge in [-0.25, -0.2) is 0 Å². The predicted molar refractivity (Wildman–Crippen MR) is 108 cm³/mol. The second-order valence-electron chi connectivity index (χ2n) is 7.82. The van der Waals surface area contributed by atoms with Crippen molar-refractivity contribution in [2.45, 2.75) is 65.5 Å². The van der Waals surface area contributed by atoms with Crippen molar-refractivity contribution in [3.63, 3.8) is 0 Å². The van der Waals surface area contributed by atoms with Gasteiger partial charge in [0.2, 0.25) is 0 Å². The summed E-state index contributed by atoms with van der Waals surface area (Å²) < 4.78 is 5.89. The van der Waals surface area contributed by atoms with Crippen LogP contribution in [0.25, 0.3) is 0 Å². The number of rotatable bonds is 6. The van der Waals surface area contributed by atoms with E-state index in [1.807, 2.05) is 31.2 Å². The molecule has 0 aliphatic carbocycles. The Bertz CT molecular complexity index is 729. The lowest BCUT2D eigenvalue weighted by atomic mass is 9.86. The molecule has 2 unspecified atom stereocenters. The third-order valence-electron chi connectivity index (χ3n) is 4.66. The molecule has 0 bridgehead atoms. The summed E-state index contributed by atoms with van der Waals surface area (Å²) in [6.45, 7) is 12.4. The number of hydrogen-bond acceptors (Lipinski definition) is 2. The van der Waals surface area contributed by atoms with Crippen LogP contribution in [0.15, 0.2) is 48.5 Å². The molecule has 1 amide bonds. The van der Waals surface area contributed by atoms with Gasteiger partial charge in [0.1, 0.15) is 5.75 Å². The van der Waals surface area contributed by atoms with Crippen molar-refractivity contribution in [2.24, 2.45) is 0 Å². The summed E-state index contributed by atoms with van der Waals surface area (Å²) in [4.78, 5) is 12.5. The standard InChI is InChI=1S/C23H31NO2/c1-7-18-10-8-9-11-21(18)26-17(3)22(25)24-16(2)19-12-14-20(15-13-19)23(4,5)6/h8-17H,7H2,1-6H3,(H,24,25). The van der Waals surface area contributed by atoms with Crippen LogP contribution in [0.5, 0.6) is 5.75 Å². The second-order valence-corrected chi connectivity index (χ2v) is 7.82. The molecular formula is C23H31NO2. The smallest absolute Gasteiger partial charge is 0.261 e. The Hall–Kier alpha value is -2.29. The highest BCUT2D eigenvalue weighted by Gasteiger charge is 2.19. The summed E-state index contributed by atoms with van der Waals surface area (Å²) in [6, 6.07) is 16.2. The summed E-state index contributed by atoms with van der Waals surface area (Å²) in [5, 5.41) is 3.05. The highest BCUT2D eigenvalue weighted by atomic mass is 16.5. The zero-order chi connectivity index (χ0) is 19.3. The van der Waals surface area contributed by atoms with Crippen LogP contribution < -0.4 is 10.1 Å². The van der Waals surface area contributed by atoms with Crippen molar-refractivity contribution in [2.75, 3.05) is 0 Å². The van der Waals surface area contributed by atoms with E-state index in [1.165, 1.54) is 5.56 Å². The van der Waals surface area contributed by atoms with Gasteiger partial charge in [0, 0.05) is 0 Å². The van der Waals surface area contributed by atoms with E-state index in [0.29, 0.717) is 0 Å². The molecule has 3 nitrogen and oxygen atoms in total. The monoisotopic (exact) mass is 353 g/mol. The normalized spacial score (nSPS) is 13.8. The summed E-state index contributed by atoms with van der Waals surface area (Å²) in [5.74, 6) is 0.670. The van der Waals surface area contributed by atoms with E-state index in [0.717, 1.165) is 23.3 Å². The molecule has 0 saturated carbocycles. The Kier molecular flexibility index (Phi) is 6.47. The molecule has 2 rings (SSSR count). The maximum Gasteiger partial charge on any atom is 0.261 e. The maximum absolute atomic E-state index is 12.5. The molecule has 0 aromatic heterocycles. The van der Waals surface area contributed by atoms with E-state index in [1.54, 1.807) is 6.92 Å². The van der Waals surface area contributed by atoms with E-state index in [9.17, 15) is 4.79 Å². The summed E-state index contributed by atoms with van der Waals surface area (Å²) in [6.07, 6.45) is 0.333. The Labute approximate surface area is 157 Å². The molecule has 0 aliphatic rings. The fourth-order valence-corrected chi connectivity index (χ4v) is 2.84. The second kappa shape index (κ2) is 8.39. The molecule has 0 radical (unpaired) electrons. The molecule has 1 N–H and O–H groups in total. The van der Waals surface area contributed by atoms with Crippen LogP contribution in [-0.2, 0) is 16.6 Å². The summed E-state index contributed by atoms with van der Waals surface area (Å²) in [5.41, 5.74) is 3.61. The Morgan fingerprint density at radius 1 is 1.04 bits per heavy atom. The van der Waals surface area contributed by atoms with Crippen LogP contribution in [0.3, 0.4) is 0 Å². The van der Waals surface area contributed by atoms with Crippen LogP contribution >= 0.6 is 0 Å². The van der Waals surface area contributed by atoms with Gasteiger partial charge in [-0.2, -0.15) is 0 Å². The quantitative estimate of drug-likeness (QED) is 0.776. The van der Waals surface area contributed by atoms with Crippen molar-refractivity contribution >= 4 is 5.91 Å². The van der Waals surface area contributed by atoms with Crippen LogP contribution in [0.4, 0.5) is 0 Å². The highest BCUT2D eigenvalue weighted by molar-refractivity contribution is 5.81. The first-order valence-electron chi connectivity index (χ1n) is 9.37. The first-order chi connectivity index (χ1) is 12.2. The van der Waals surface area contributed by atoms with Gasteiger partial charge >= 0.3 is 0 Å². The number of nitrogens with one attached hydrogen (secondary N) is 1. The molecule has 2 aromatic carbocycles. The number of aryl methyl sites for hydroxylation is 1. The lowest BCUT2D eigenvalue weighted by Crippen LogP contribution is -2.37. The summed E-state index contributed by atoms with van der Waals surface area (Å²) in [7, 11) is 0. The van der Waals surface area contributed by atoms with Gasteiger partial charge in [-0.1, -0.05) is 70.2 Å². The lowest BCUT2D eigenvalue weighted by molar-refractivity contribution is -0.127. The van der Waals surface area contributed by atoms with E-state index in [-0.39, 0.29) is 17.4 Å². The maximum atomic E-state index is 12.5. The molecule has 3 heteroatoms. The Morgan fingerprint density at radius 2 is 1.65 bits per heavy atom. The number of benzene rings is 2. The van der Waals surface area contributed by atoms with Gasteiger partial charge in [0.25, 0.3) is 5.91 Å². The average molecular weight is 354 g/mol. The van der Waals surface area contributed by atoms with Crippen LogP contribution in [0, 0.1) is 0 Å². The van der Waals surface area contributed by atoms with Gasteiger partial charge in [0.15, 0.2) is 6.10 Å². The number of para-hydroxylation sites is 1. The predicted octanol–water partition coefficient (Wildman–Crippen LogP) is 5.19. The molecule has 26 heavy (non-hydrogen) atoms. The minimum atomic E-state index is -0.543. The van der Waals surface area contributed by atoms with Gasteiger partial charge in [0.05, 0.1) is 6.04 Å². The molecule has 0 aliphatic heterocycles. The van der Waals surface area contributed by atoms with Crippen molar-refractivity contribution in [3.8, 4) is 5.75 Å². The first-order valence-corrected chi connectivity index (χ1v) is 9.37. The number of carbonyl (C=O) groups is 1. The van der Waals surface area contributed by atoms with Crippen LogP contribution in [0.1, 0.15) is 64.3 Å². The van der Waals surface area contributed by atoms with Gasteiger partial charge in [-0.05, 0) is 48.4 Å². The van der Waals surface area contributed by atoms with Crippen molar-refractivity contribution in [3.05, 3.63) is 65.2 Å². The number of carbonyl (C=O) groups excluding carboxylic acids is 1. The van der Waals surface area contributed by atoms with E-state index in [4.69, 9.17) is 4.74 Å². The number of ether oxygens (including phenoxy) is 1. The van der Waals surface area contributed by atoms with Gasteiger partial charge in [-0.3, -0.25) is 4.79 Å². The van der Waals surface area contributed by atoms with E-state index >= 15 is 0 Å². The third-order valence-corrected chi connectivity index (χ3v) is 4.66. The molecule has 140 valence electrons. The van der Waals surface area contributed by atoms with E-state index in [2.05, 4.69) is 57.3 Å². The minimum absolute atomic E-state index is 0.0658. The fourth-order valence-electron chi connectivity index (χ4n) is 2.84. The average Bonchev–Trinajstić information content (AvgIpc) is 2.61. The number of amides is 1. The summed E-state index contributed by atoms with van der Waals surface area (Å²) >= 11 is 0.